The molecule has 0 bridgehead atoms. The molecule has 4 aromatic carbocycles. The molecule has 62 heavy (non-hydrogen) atoms. The van der Waals surface area contributed by atoms with Crippen LogP contribution in [-0.4, -0.2) is 93.6 Å². The summed E-state index contributed by atoms with van der Waals surface area (Å²) in [5.41, 5.74) is 9.21. The summed E-state index contributed by atoms with van der Waals surface area (Å²) in [4.78, 5) is 41.4. The van der Waals surface area contributed by atoms with Gasteiger partial charge in [0.2, 0.25) is 35.7 Å². The fourth-order valence-electron chi connectivity index (χ4n) is 6.28. The van der Waals surface area contributed by atoms with E-state index in [0.29, 0.717) is 79.7 Å². The molecule has 3 heterocycles. The molecule has 6 aromatic rings. The number of aromatic nitrogens is 6. The van der Waals surface area contributed by atoms with Crippen LogP contribution in [0.4, 0.5) is 54.5 Å². The van der Waals surface area contributed by atoms with E-state index in [1.165, 1.54) is 5.56 Å². The molecule has 2 aromatic heterocycles. The van der Waals surface area contributed by atoms with Crippen molar-refractivity contribution in [2.45, 2.75) is 32.1 Å². The van der Waals surface area contributed by atoms with Gasteiger partial charge in [0.15, 0.2) is 11.5 Å². The second kappa shape index (κ2) is 20.6. The van der Waals surface area contributed by atoms with Crippen molar-refractivity contribution >= 4 is 47.3 Å². The van der Waals surface area contributed by atoms with Crippen molar-refractivity contribution in [3.05, 3.63) is 114 Å². The molecule has 0 aliphatic carbocycles. The molecule has 324 valence electrons. The Hall–Kier alpha value is -7.64. The maximum atomic E-state index is 10.6. The fourth-order valence-corrected chi connectivity index (χ4v) is 6.28. The van der Waals surface area contributed by atoms with Gasteiger partial charge in [-0.25, -0.2) is 4.79 Å². The number of nitrogens with two attached hydrogens (primary N) is 1. The number of para-hydroxylation sites is 1. The van der Waals surface area contributed by atoms with Crippen LogP contribution in [0.1, 0.15) is 18.1 Å². The number of hydrogen-bond acceptors (Lipinski definition) is 16. The summed E-state index contributed by atoms with van der Waals surface area (Å²) in [5.74, 6) is 2.51. The fraction of sp³-hybridized carbons (Fsp3) is 0.262. The number of carboxylic acids is 1. The normalized spacial score (nSPS) is 13.6. The van der Waals surface area contributed by atoms with Crippen LogP contribution in [0.25, 0.3) is 0 Å². The lowest BCUT2D eigenvalue weighted by Gasteiger charge is -2.41. The first-order chi connectivity index (χ1) is 29.9. The molecule has 7 rings (SSSR count). The Labute approximate surface area is 355 Å². The van der Waals surface area contributed by atoms with E-state index in [2.05, 4.69) is 52.8 Å². The summed E-state index contributed by atoms with van der Waals surface area (Å²) in [7, 11) is 3.24. The molecule has 1 atom stereocenters. The van der Waals surface area contributed by atoms with Gasteiger partial charge in [-0.1, -0.05) is 54.6 Å². The van der Waals surface area contributed by atoms with Crippen molar-refractivity contribution in [1.29, 1.82) is 0 Å². The first-order valence-corrected chi connectivity index (χ1v) is 19.3. The van der Waals surface area contributed by atoms with Gasteiger partial charge >= 0.3 is 12.1 Å². The van der Waals surface area contributed by atoms with Gasteiger partial charge in [-0.05, 0) is 73.0 Å². The molecule has 0 spiro atoms. The minimum Gasteiger partial charge on any atom is -0.493 e. The summed E-state index contributed by atoms with van der Waals surface area (Å²) in [6.45, 7) is 4.91. The second-order valence-corrected chi connectivity index (χ2v) is 13.5. The molecule has 1 saturated heterocycles. The number of nitrogens with zero attached hydrogens (tertiary/aromatic N) is 8. The number of hydrogen-bond donors (Lipinski definition) is 5. The van der Waals surface area contributed by atoms with E-state index in [4.69, 9.17) is 44.8 Å². The van der Waals surface area contributed by atoms with Crippen LogP contribution in [0.15, 0.2) is 103 Å². The van der Waals surface area contributed by atoms with E-state index < -0.39 is 12.1 Å². The van der Waals surface area contributed by atoms with Gasteiger partial charge in [-0.15, -0.1) is 0 Å². The zero-order chi connectivity index (χ0) is 44.1. The van der Waals surface area contributed by atoms with Crippen LogP contribution in [0.3, 0.4) is 0 Å². The summed E-state index contributed by atoms with van der Waals surface area (Å²) in [6, 6.07) is 33.3. The number of nitrogens with one attached hydrogen (secondary N) is 3. The smallest absolute Gasteiger partial charge is 0.490 e. The lowest BCUT2D eigenvalue weighted by Crippen LogP contribution is -2.55. The van der Waals surface area contributed by atoms with Crippen molar-refractivity contribution in [1.82, 2.24) is 29.9 Å². The molecule has 0 radical (unpaired) electrons. The number of rotatable bonds is 15. The second-order valence-electron chi connectivity index (χ2n) is 13.5. The molecule has 1 aliphatic rings. The summed E-state index contributed by atoms with van der Waals surface area (Å²) < 4.78 is 48.6. The first kappa shape index (κ1) is 43.9. The zero-order valence-corrected chi connectivity index (χ0v) is 34.0. The highest BCUT2D eigenvalue weighted by atomic mass is 19.4. The zero-order valence-electron chi connectivity index (χ0n) is 34.0. The number of anilines is 7. The predicted octanol–water partition coefficient (Wildman–Crippen LogP) is 6.81. The van der Waals surface area contributed by atoms with Crippen LogP contribution in [-0.2, 0) is 17.8 Å². The number of carbonyl (C=O) groups is 1. The number of methoxy groups -OCH3 is 2. The summed E-state index contributed by atoms with van der Waals surface area (Å²) >= 11 is 0. The van der Waals surface area contributed by atoms with Crippen molar-refractivity contribution in [2.75, 3.05) is 71.9 Å². The van der Waals surface area contributed by atoms with Gasteiger partial charge in [0.05, 0.1) is 20.3 Å². The third kappa shape index (κ3) is 12.2. The number of nitrogen functional groups attached to an aromatic ring is 1. The minimum atomic E-state index is -5.08. The molecule has 1 fully saturated rings. The number of halogens is 3. The topological polar surface area (TPSA) is 211 Å². The molecule has 0 saturated carbocycles. The van der Waals surface area contributed by atoms with Crippen LogP contribution < -0.4 is 45.7 Å². The minimum absolute atomic E-state index is 0.0433. The van der Waals surface area contributed by atoms with Gasteiger partial charge in [-0.2, -0.15) is 43.1 Å². The largest absolute Gasteiger partial charge is 0.493 e. The van der Waals surface area contributed by atoms with E-state index in [0.717, 1.165) is 23.4 Å². The Morgan fingerprint density at radius 1 is 0.758 bits per heavy atom. The summed E-state index contributed by atoms with van der Waals surface area (Å²) in [5, 5.41) is 17.1. The van der Waals surface area contributed by atoms with Gasteiger partial charge < -0.3 is 50.8 Å². The van der Waals surface area contributed by atoms with E-state index in [1.54, 1.807) is 14.2 Å². The molecular weight excluding hydrogens is 810 g/mol. The molecule has 1 aliphatic heterocycles. The summed E-state index contributed by atoms with van der Waals surface area (Å²) in [6.07, 6.45) is -4.35. The Bertz CT molecular complexity index is 2380. The number of benzene rings is 4. The van der Waals surface area contributed by atoms with Crippen LogP contribution >= 0.6 is 0 Å². The van der Waals surface area contributed by atoms with Gasteiger partial charge in [0.1, 0.15) is 11.5 Å². The van der Waals surface area contributed by atoms with Crippen LogP contribution in [0.2, 0.25) is 0 Å². The average molecular weight is 855 g/mol. The van der Waals surface area contributed by atoms with E-state index in [9.17, 15) is 13.2 Å². The maximum Gasteiger partial charge on any atom is 0.490 e. The van der Waals surface area contributed by atoms with E-state index >= 15 is 0 Å². The molecule has 6 N–H and O–H groups in total. The quantitative estimate of drug-likeness (QED) is 0.0718. The lowest BCUT2D eigenvalue weighted by molar-refractivity contribution is -0.192. The highest BCUT2D eigenvalue weighted by Gasteiger charge is 2.38. The number of carboxylic acid groups (broad SMARTS) is 1. The SMILES string of the molecule is CCNc1nc(NCc2ccc(OC)c(OC)c2)nc(N2CCN(c3nc(N)nc(Nc4ccc(Oc5ccccc5)cc4)n3)CC2Cc2ccccc2)n1.O=C(O)C(F)(F)F. The van der Waals surface area contributed by atoms with Gasteiger partial charge in [-0.3, -0.25) is 0 Å². The van der Waals surface area contributed by atoms with E-state index in [-0.39, 0.29) is 12.0 Å². The van der Waals surface area contributed by atoms with E-state index in [1.807, 2.05) is 97.9 Å². The number of alkyl halides is 3. The van der Waals surface area contributed by atoms with Crippen molar-refractivity contribution in [3.8, 4) is 23.0 Å². The molecule has 0 amide bonds. The highest BCUT2D eigenvalue weighted by Crippen LogP contribution is 2.29. The third-order valence-corrected chi connectivity index (χ3v) is 9.17. The van der Waals surface area contributed by atoms with Gasteiger partial charge in [0.25, 0.3) is 0 Å². The van der Waals surface area contributed by atoms with Crippen molar-refractivity contribution in [3.63, 3.8) is 0 Å². The number of ether oxygens (including phenoxy) is 3. The first-order valence-electron chi connectivity index (χ1n) is 19.3. The average Bonchev–Trinajstić information content (AvgIpc) is 3.26. The predicted molar refractivity (Wildman–Crippen MR) is 229 cm³/mol. The van der Waals surface area contributed by atoms with Crippen molar-refractivity contribution in [2.24, 2.45) is 0 Å². The molecule has 1 unspecified atom stereocenters. The monoisotopic (exact) mass is 854 g/mol. The van der Waals surface area contributed by atoms with Gasteiger partial charge in [0, 0.05) is 38.4 Å². The number of piperazine rings is 1. The molecule has 20 heteroatoms. The van der Waals surface area contributed by atoms with Crippen molar-refractivity contribution < 1.29 is 37.3 Å². The maximum absolute atomic E-state index is 10.6. The van der Waals surface area contributed by atoms with Crippen LogP contribution in [0.5, 0.6) is 23.0 Å². The third-order valence-electron chi connectivity index (χ3n) is 9.17. The Kier molecular flexibility index (Phi) is 14.6. The standard InChI is InChI=1S/C40H44N12O3.C2HF3O2/c1-4-42-36-47-37(43-25-28-15-20-33(53-2)34(24-28)54-3)49-40(48-36)52-22-21-51(26-30(52)23-27-11-7-5-8-12-27)39-46-35(41)45-38(50-39)44-29-16-18-32(19-17-29)55-31-13-9-6-10-14-31;3-2(4,5)1(6)7/h5-20,24,30H,4,21-23,25-26H2,1-3H3,(H3,41,44,45,46,50)(H2,42,43,47,48,49);(H,6,7). The molecular formula is C42H45F3N12O5. The van der Waals surface area contributed by atoms with Crippen LogP contribution in [0, 0.1) is 0 Å². The lowest BCUT2D eigenvalue weighted by atomic mass is 10.0. The Morgan fingerprint density at radius 3 is 2.03 bits per heavy atom. The highest BCUT2D eigenvalue weighted by molar-refractivity contribution is 5.73. The Balaban J connectivity index is 0.000000845. The molecule has 17 nitrogen and oxygen atoms in total. The Morgan fingerprint density at radius 2 is 1.39 bits per heavy atom. The number of aliphatic carboxylic acids is 1.